The highest BCUT2D eigenvalue weighted by Gasteiger charge is 2.27. The van der Waals surface area contributed by atoms with Crippen molar-refractivity contribution in [3.63, 3.8) is 0 Å². The molecule has 0 heterocycles. The average Bonchev–Trinajstić information content (AvgIpc) is 2.75. The van der Waals surface area contributed by atoms with Crippen LogP contribution < -0.4 is 5.32 Å². The van der Waals surface area contributed by atoms with Crippen LogP contribution in [0.15, 0.2) is 48.5 Å². The Bertz CT molecular complexity index is 896. The van der Waals surface area contributed by atoms with Crippen LogP contribution in [-0.2, 0) is 9.53 Å². The number of aliphatic hydroxyl groups is 2. The molecule has 33 heavy (non-hydrogen) atoms. The lowest BCUT2D eigenvalue weighted by molar-refractivity contribution is -0.143. The predicted octanol–water partition coefficient (Wildman–Crippen LogP) is 3.23. The summed E-state index contributed by atoms with van der Waals surface area (Å²) < 4.78 is 4.98. The van der Waals surface area contributed by atoms with Crippen LogP contribution in [0.2, 0.25) is 0 Å². The van der Waals surface area contributed by atoms with E-state index in [0.717, 1.165) is 11.1 Å². The molecule has 3 N–H and O–H groups in total. The molecular weight excluding hydrogens is 422 g/mol. The Balaban J connectivity index is 2.31. The van der Waals surface area contributed by atoms with Crippen LogP contribution in [0.25, 0.3) is 0 Å². The number of nitrogens with one attached hydrogen (secondary N) is 1. The quantitative estimate of drug-likeness (QED) is 0.352. The summed E-state index contributed by atoms with van der Waals surface area (Å²) in [6.07, 6.45) is 0.189. The van der Waals surface area contributed by atoms with Crippen molar-refractivity contribution in [3.05, 3.63) is 70.8 Å². The Morgan fingerprint density at radius 3 is 1.55 bits per heavy atom. The summed E-state index contributed by atoms with van der Waals surface area (Å²) in [6.45, 7) is 8.20. The van der Waals surface area contributed by atoms with Crippen LogP contribution in [0, 0.1) is 0 Å². The van der Waals surface area contributed by atoms with Gasteiger partial charge in [0.05, 0.1) is 19.1 Å². The zero-order valence-corrected chi connectivity index (χ0v) is 19.8. The summed E-state index contributed by atoms with van der Waals surface area (Å²) in [4.78, 5) is 36.4. The van der Waals surface area contributed by atoms with Crippen molar-refractivity contribution in [2.75, 3.05) is 13.2 Å². The van der Waals surface area contributed by atoms with Gasteiger partial charge in [-0.25, -0.2) is 0 Å². The van der Waals surface area contributed by atoms with Crippen molar-refractivity contribution < 1.29 is 29.3 Å². The van der Waals surface area contributed by atoms with Crippen molar-refractivity contribution in [1.82, 2.24) is 5.32 Å². The third-order valence-corrected chi connectivity index (χ3v) is 5.11. The molecule has 0 atom stereocenters. The zero-order valence-electron chi connectivity index (χ0n) is 19.8. The van der Waals surface area contributed by atoms with Gasteiger partial charge in [-0.1, -0.05) is 48.5 Å². The number of ketones is 2. The number of carbonyl (C=O) groups is 3. The van der Waals surface area contributed by atoms with E-state index >= 15 is 0 Å². The Labute approximate surface area is 194 Å². The molecule has 2 rings (SSSR count). The monoisotopic (exact) mass is 455 g/mol. The minimum atomic E-state index is -1.47. The van der Waals surface area contributed by atoms with Crippen LogP contribution in [0.5, 0.6) is 0 Å². The van der Waals surface area contributed by atoms with Crippen LogP contribution in [0.4, 0.5) is 0 Å². The first-order valence-electron chi connectivity index (χ1n) is 11.0. The fourth-order valence-corrected chi connectivity index (χ4v) is 3.34. The minimum Gasteiger partial charge on any atom is -0.466 e. The molecule has 0 saturated carbocycles. The van der Waals surface area contributed by atoms with Crippen LogP contribution in [0.1, 0.15) is 78.9 Å². The standard InChI is InChI=1S/C26H33NO6/c1-6-33-21(28)15-16-27-22(17-7-11-19(12-8-17)23(29)25(2,3)31)18-9-13-20(14-10-18)24(30)26(4,5)32/h7-14,22,27,31-32H,6,15-16H2,1-5H3. The van der Waals surface area contributed by atoms with Crippen molar-refractivity contribution in [1.29, 1.82) is 0 Å². The summed E-state index contributed by atoms with van der Waals surface area (Å²) in [5, 5.41) is 23.3. The number of rotatable bonds is 11. The lowest BCUT2D eigenvalue weighted by Crippen LogP contribution is -2.31. The topological polar surface area (TPSA) is 113 Å². The number of carbonyl (C=O) groups excluding carboxylic acids is 3. The first-order chi connectivity index (χ1) is 15.3. The SMILES string of the molecule is CCOC(=O)CCNC(c1ccc(C(=O)C(C)(C)O)cc1)c1ccc(C(=O)C(C)(C)O)cc1. The smallest absolute Gasteiger partial charge is 0.307 e. The van der Waals surface area contributed by atoms with Crippen molar-refractivity contribution in [2.24, 2.45) is 0 Å². The number of ether oxygens (including phenoxy) is 1. The summed E-state index contributed by atoms with van der Waals surface area (Å²) in [7, 11) is 0. The summed E-state index contributed by atoms with van der Waals surface area (Å²) in [5.74, 6) is -1.06. The highest BCUT2D eigenvalue weighted by molar-refractivity contribution is 6.02. The van der Waals surface area contributed by atoms with Gasteiger partial charge in [0.2, 0.25) is 0 Å². The molecule has 0 aromatic heterocycles. The molecule has 0 aliphatic rings. The summed E-state index contributed by atoms with van der Waals surface area (Å²) >= 11 is 0. The molecule has 0 fully saturated rings. The fraction of sp³-hybridized carbons (Fsp3) is 0.423. The maximum absolute atomic E-state index is 12.3. The first kappa shape index (κ1) is 26.4. The predicted molar refractivity (Wildman–Crippen MR) is 125 cm³/mol. The molecule has 0 aliphatic heterocycles. The van der Waals surface area contributed by atoms with Gasteiger partial charge in [0, 0.05) is 17.7 Å². The van der Waals surface area contributed by atoms with Gasteiger partial charge in [-0.3, -0.25) is 14.4 Å². The lowest BCUT2D eigenvalue weighted by atomic mass is 9.91. The van der Waals surface area contributed by atoms with Crippen LogP contribution in [0.3, 0.4) is 0 Å². The molecule has 2 aromatic carbocycles. The van der Waals surface area contributed by atoms with Gasteiger partial charge in [-0.15, -0.1) is 0 Å². The second kappa shape index (κ2) is 10.8. The number of benzene rings is 2. The normalized spacial score (nSPS) is 12.0. The van der Waals surface area contributed by atoms with Crippen molar-refractivity contribution >= 4 is 17.5 Å². The van der Waals surface area contributed by atoms with Gasteiger partial charge in [-0.2, -0.15) is 0 Å². The number of esters is 1. The van der Waals surface area contributed by atoms with E-state index in [1.54, 1.807) is 55.5 Å². The summed E-state index contributed by atoms with van der Waals surface area (Å²) in [6, 6.07) is 13.5. The van der Waals surface area contributed by atoms with Crippen LogP contribution >= 0.6 is 0 Å². The van der Waals surface area contributed by atoms with E-state index in [9.17, 15) is 24.6 Å². The zero-order chi connectivity index (χ0) is 24.8. The highest BCUT2D eigenvalue weighted by atomic mass is 16.5. The maximum atomic E-state index is 12.3. The van der Waals surface area contributed by atoms with Gasteiger partial charge >= 0.3 is 5.97 Å². The third kappa shape index (κ3) is 7.32. The van der Waals surface area contributed by atoms with Gasteiger partial charge in [0.15, 0.2) is 11.6 Å². The largest absolute Gasteiger partial charge is 0.466 e. The first-order valence-corrected chi connectivity index (χ1v) is 11.0. The molecule has 7 nitrogen and oxygen atoms in total. The Kier molecular flexibility index (Phi) is 8.66. The second-order valence-corrected chi connectivity index (χ2v) is 8.96. The Morgan fingerprint density at radius 2 is 1.21 bits per heavy atom. The maximum Gasteiger partial charge on any atom is 0.307 e. The average molecular weight is 456 g/mol. The second-order valence-electron chi connectivity index (χ2n) is 8.96. The molecule has 7 heteroatoms. The Hall–Kier alpha value is -2.87. The van der Waals surface area contributed by atoms with Crippen LogP contribution in [-0.4, -0.2) is 52.1 Å². The third-order valence-electron chi connectivity index (χ3n) is 5.11. The van der Waals surface area contributed by atoms with Gasteiger partial charge in [0.25, 0.3) is 0 Å². The molecule has 0 aliphatic carbocycles. The van der Waals surface area contributed by atoms with Gasteiger partial charge in [0.1, 0.15) is 11.2 Å². The molecular formula is C26H33NO6. The molecule has 0 bridgehead atoms. The lowest BCUT2D eigenvalue weighted by Gasteiger charge is -2.22. The molecule has 0 saturated heterocycles. The van der Waals surface area contributed by atoms with E-state index in [1.807, 2.05) is 0 Å². The van der Waals surface area contributed by atoms with E-state index in [4.69, 9.17) is 4.74 Å². The molecule has 178 valence electrons. The van der Waals surface area contributed by atoms with E-state index in [2.05, 4.69) is 5.32 Å². The number of hydrogen-bond donors (Lipinski definition) is 3. The van der Waals surface area contributed by atoms with E-state index < -0.39 is 11.2 Å². The fourth-order valence-electron chi connectivity index (χ4n) is 3.34. The molecule has 0 unspecified atom stereocenters. The van der Waals surface area contributed by atoms with E-state index in [1.165, 1.54) is 27.7 Å². The number of Topliss-reactive ketones (excluding diaryl/α,β-unsaturated/α-hetero) is 2. The molecule has 0 radical (unpaired) electrons. The highest BCUT2D eigenvalue weighted by Crippen LogP contribution is 2.25. The number of hydrogen-bond acceptors (Lipinski definition) is 7. The van der Waals surface area contributed by atoms with Crippen molar-refractivity contribution in [3.8, 4) is 0 Å². The van der Waals surface area contributed by atoms with Gasteiger partial charge in [-0.05, 0) is 45.7 Å². The Morgan fingerprint density at radius 1 is 0.818 bits per heavy atom. The minimum absolute atomic E-state index is 0.189. The summed E-state index contributed by atoms with van der Waals surface area (Å²) in [5.41, 5.74) is -0.478. The van der Waals surface area contributed by atoms with Gasteiger partial charge < -0.3 is 20.3 Å². The molecule has 2 aromatic rings. The van der Waals surface area contributed by atoms with E-state index in [0.29, 0.717) is 24.3 Å². The van der Waals surface area contributed by atoms with E-state index in [-0.39, 0.29) is 30.0 Å². The molecule has 0 amide bonds. The molecule has 0 spiro atoms. The van der Waals surface area contributed by atoms with Crippen molar-refractivity contribution in [2.45, 2.75) is 58.3 Å².